The predicted octanol–water partition coefficient (Wildman–Crippen LogP) is 3.46. The fourth-order valence-electron chi connectivity index (χ4n) is 2.86. The minimum atomic E-state index is 0.531. The molecule has 3 heteroatoms. The quantitative estimate of drug-likeness (QED) is 0.893. The van der Waals surface area contributed by atoms with Gasteiger partial charge in [0.05, 0.1) is 5.69 Å². The topological polar surface area (TPSA) is 43.8 Å². The van der Waals surface area contributed by atoms with Gasteiger partial charge < -0.3 is 5.73 Å². The molecule has 0 amide bonds. The Balaban J connectivity index is 2.09. The second-order valence-corrected chi connectivity index (χ2v) is 5.68. The molecule has 0 bridgehead atoms. The Hall–Kier alpha value is -1.77. The maximum absolute atomic E-state index is 6.07. The van der Waals surface area contributed by atoms with Crippen molar-refractivity contribution in [2.24, 2.45) is 0 Å². The van der Waals surface area contributed by atoms with Crippen molar-refractivity contribution < 1.29 is 0 Å². The average molecular weight is 255 g/mol. The minimum Gasteiger partial charge on any atom is -0.382 e. The second kappa shape index (κ2) is 4.72. The number of fused-ring (bicyclic) bond motifs is 1. The number of nitrogens with two attached hydrogens (primary N) is 1. The van der Waals surface area contributed by atoms with Gasteiger partial charge in [-0.3, -0.25) is 0 Å². The van der Waals surface area contributed by atoms with E-state index in [1.165, 1.54) is 29.7 Å². The molecule has 1 aromatic heterocycles. The molecular formula is C16H21N3. The second-order valence-electron chi connectivity index (χ2n) is 5.68. The largest absolute Gasteiger partial charge is 0.382 e. The number of benzene rings is 1. The van der Waals surface area contributed by atoms with Crippen LogP contribution in [0, 0.1) is 0 Å². The lowest BCUT2D eigenvalue weighted by atomic mass is 9.97. The molecule has 1 aromatic carbocycles. The maximum Gasteiger partial charge on any atom is 0.149 e. The zero-order chi connectivity index (χ0) is 13.4. The van der Waals surface area contributed by atoms with E-state index in [1.54, 1.807) is 0 Å². The van der Waals surface area contributed by atoms with E-state index in [4.69, 9.17) is 5.73 Å². The van der Waals surface area contributed by atoms with Gasteiger partial charge in [0.15, 0.2) is 0 Å². The summed E-state index contributed by atoms with van der Waals surface area (Å²) in [6.07, 6.45) is 4.63. The molecule has 0 saturated heterocycles. The predicted molar refractivity (Wildman–Crippen MR) is 78.7 cm³/mol. The Morgan fingerprint density at radius 3 is 2.79 bits per heavy atom. The van der Waals surface area contributed by atoms with Crippen LogP contribution in [0.15, 0.2) is 24.3 Å². The summed E-state index contributed by atoms with van der Waals surface area (Å²) in [5.74, 6) is 1.24. The molecular weight excluding hydrogens is 234 g/mol. The van der Waals surface area contributed by atoms with E-state index in [1.807, 2.05) is 0 Å². The summed E-state index contributed by atoms with van der Waals surface area (Å²) in [7, 11) is 0. The molecule has 0 unspecified atom stereocenters. The van der Waals surface area contributed by atoms with Crippen LogP contribution in [0.25, 0.3) is 5.69 Å². The molecule has 1 aliphatic carbocycles. The molecule has 2 N–H and O–H groups in total. The molecule has 2 aromatic rings. The van der Waals surface area contributed by atoms with Crippen LogP contribution in [0.4, 0.5) is 5.82 Å². The van der Waals surface area contributed by atoms with Crippen LogP contribution >= 0.6 is 0 Å². The Kier molecular flexibility index (Phi) is 3.05. The molecule has 100 valence electrons. The fourth-order valence-corrected chi connectivity index (χ4v) is 2.86. The first kappa shape index (κ1) is 12.3. The smallest absolute Gasteiger partial charge is 0.149 e. The third-order valence-electron chi connectivity index (χ3n) is 3.99. The van der Waals surface area contributed by atoms with Crippen molar-refractivity contribution in [3.63, 3.8) is 0 Å². The Morgan fingerprint density at radius 1 is 1.21 bits per heavy atom. The first-order valence-electron chi connectivity index (χ1n) is 7.13. The van der Waals surface area contributed by atoms with Gasteiger partial charge in [0.25, 0.3) is 0 Å². The monoisotopic (exact) mass is 255 g/mol. The lowest BCUT2D eigenvalue weighted by molar-refractivity contribution is 0.653. The van der Waals surface area contributed by atoms with E-state index in [0.29, 0.717) is 11.7 Å². The van der Waals surface area contributed by atoms with E-state index in [2.05, 4.69) is 47.9 Å². The summed E-state index contributed by atoms with van der Waals surface area (Å²) in [5, 5.41) is 4.56. The van der Waals surface area contributed by atoms with Crippen molar-refractivity contribution in [1.82, 2.24) is 9.78 Å². The highest BCUT2D eigenvalue weighted by Crippen LogP contribution is 2.28. The van der Waals surface area contributed by atoms with Crippen molar-refractivity contribution in [2.45, 2.75) is 45.4 Å². The zero-order valence-corrected chi connectivity index (χ0v) is 11.7. The molecule has 0 radical (unpaired) electrons. The van der Waals surface area contributed by atoms with E-state index >= 15 is 0 Å². The number of nitrogen functional groups attached to an aromatic ring is 1. The Labute approximate surface area is 114 Å². The Bertz CT molecular complexity index is 596. The molecule has 0 aliphatic heterocycles. The van der Waals surface area contributed by atoms with E-state index in [-0.39, 0.29) is 0 Å². The molecule has 0 fully saturated rings. The summed E-state index contributed by atoms with van der Waals surface area (Å²) in [6.45, 7) is 4.43. The van der Waals surface area contributed by atoms with Gasteiger partial charge in [0.2, 0.25) is 0 Å². The van der Waals surface area contributed by atoms with Crippen LogP contribution in [0.1, 0.15) is 49.4 Å². The van der Waals surface area contributed by atoms with Crippen LogP contribution in [-0.2, 0) is 12.8 Å². The van der Waals surface area contributed by atoms with E-state index < -0.39 is 0 Å². The van der Waals surface area contributed by atoms with E-state index in [0.717, 1.165) is 18.5 Å². The Morgan fingerprint density at radius 2 is 2.00 bits per heavy atom. The SMILES string of the molecule is CC(C)c1cccc(-n2nc(N)c3c2CCCC3)c1. The number of rotatable bonds is 2. The number of nitrogens with zero attached hydrogens (tertiary/aromatic N) is 2. The van der Waals surface area contributed by atoms with Crippen LogP contribution in [-0.4, -0.2) is 9.78 Å². The average Bonchev–Trinajstić information content (AvgIpc) is 2.77. The van der Waals surface area contributed by atoms with E-state index in [9.17, 15) is 0 Å². The molecule has 1 heterocycles. The van der Waals surface area contributed by atoms with Crippen molar-refractivity contribution in [2.75, 3.05) is 5.73 Å². The standard InChI is InChI=1S/C16H21N3/c1-11(2)12-6-5-7-13(10-12)19-15-9-4-3-8-14(15)16(17)18-19/h5-7,10-11H,3-4,8-9H2,1-2H3,(H2,17,18). The van der Waals surface area contributed by atoms with Gasteiger partial charge in [0, 0.05) is 11.3 Å². The normalized spacial score (nSPS) is 14.7. The number of hydrogen-bond acceptors (Lipinski definition) is 2. The highest BCUT2D eigenvalue weighted by Gasteiger charge is 2.20. The molecule has 0 atom stereocenters. The third-order valence-corrected chi connectivity index (χ3v) is 3.99. The molecule has 3 nitrogen and oxygen atoms in total. The molecule has 0 saturated carbocycles. The highest BCUT2D eigenvalue weighted by atomic mass is 15.3. The third kappa shape index (κ3) is 2.14. The maximum atomic E-state index is 6.07. The van der Waals surface area contributed by atoms with Gasteiger partial charge >= 0.3 is 0 Å². The summed E-state index contributed by atoms with van der Waals surface area (Å²) < 4.78 is 2.05. The van der Waals surface area contributed by atoms with Crippen LogP contribution < -0.4 is 5.73 Å². The van der Waals surface area contributed by atoms with Crippen molar-refractivity contribution in [3.8, 4) is 5.69 Å². The van der Waals surface area contributed by atoms with Crippen molar-refractivity contribution in [3.05, 3.63) is 41.1 Å². The van der Waals surface area contributed by atoms with Gasteiger partial charge in [0.1, 0.15) is 5.82 Å². The van der Waals surface area contributed by atoms with Crippen LogP contribution in [0.5, 0.6) is 0 Å². The van der Waals surface area contributed by atoms with Crippen molar-refractivity contribution in [1.29, 1.82) is 0 Å². The fraction of sp³-hybridized carbons (Fsp3) is 0.438. The van der Waals surface area contributed by atoms with Gasteiger partial charge in [-0.25, -0.2) is 4.68 Å². The minimum absolute atomic E-state index is 0.531. The van der Waals surface area contributed by atoms with Crippen LogP contribution in [0.2, 0.25) is 0 Å². The number of hydrogen-bond donors (Lipinski definition) is 1. The van der Waals surface area contributed by atoms with Gasteiger partial charge in [-0.05, 0) is 49.3 Å². The lowest BCUT2D eigenvalue weighted by Crippen LogP contribution is -2.08. The van der Waals surface area contributed by atoms with Gasteiger partial charge in [-0.1, -0.05) is 26.0 Å². The van der Waals surface area contributed by atoms with Gasteiger partial charge in [-0.15, -0.1) is 0 Å². The van der Waals surface area contributed by atoms with Gasteiger partial charge in [-0.2, -0.15) is 5.10 Å². The number of anilines is 1. The zero-order valence-electron chi connectivity index (χ0n) is 11.7. The number of aromatic nitrogens is 2. The lowest BCUT2D eigenvalue weighted by Gasteiger charge is -2.15. The summed E-state index contributed by atoms with van der Waals surface area (Å²) in [5.41, 5.74) is 11.1. The molecule has 0 spiro atoms. The van der Waals surface area contributed by atoms with Crippen molar-refractivity contribution >= 4 is 5.82 Å². The highest BCUT2D eigenvalue weighted by molar-refractivity contribution is 5.49. The summed E-state index contributed by atoms with van der Waals surface area (Å²) in [6, 6.07) is 8.63. The summed E-state index contributed by atoms with van der Waals surface area (Å²) >= 11 is 0. The van der Waals surface area contributed by atoms with Crippen LogP contribution in [0.3, 0.4) is 0 Å². The molecule has 1 aliphatic rings. The molecule has 3 rings (SSSR count). The first-order valence-corrected chi connectivity index (χ1v) is 7.13. The first-order chi connectivity index (χ1) is 9.16. The molecule has 19 heavy (non-hydrogen) atoms. The summed E-state index contributed by atoms with van der Waals surface area (Å²) in [4.78, 5) is 0.